The van der Waals surface area contributed by atoms with Crippen molar-refractivity contribution < 1.29 is 14.6 Å². The van der Waals surface area contributed by atoms with Gasteiger partial charge in [-0.2, -0.15) is 0 Å². The van der Waals surface area contributed by atoms with Crippen molar-refractivity contribution in [1.82, 2.24) is 4.98 Å². The van der Waals surface area contributed by atoms with Crippen molar-refractivity contribution in [3.8, 4) is 5.75 Å². The number of carbonyl (C=O) groups is 1. The van der Waals surface area contributed by atoms with E-state index in [-0.39, 0.29) is 5.69 Å². The number of hydrogen-bond donors (Lipinski definition) is 1. The zero-order valence-electron chi connectivity index (χ0n) is 9.34. The van der Waals surface area contributed by atoms with E-state index in [9.17, 15) is 4.79 Å². The molecule has 4 nitrogen and oxygen atoms in total. The molecule has 0 aliphatic heterocycles. The number of aromatic carboxylic acids is 1. The molecule has 0 aliphatic carbocycles. The van der Waals surface area contributed by atoms with E-state index >= 15 is 0 Å². The number of aromatic nitrogens is 1. The summed E-state index contributed by atoms with van der Waals surface area (Å²) in [6.07, 6.45) is 1.38. The summed E-state index contributed by atoms with van der Waals surface area (Å²) < 4.78 is 5.47. The fourth-order valence-electron chi connectivity index (χ4n) is 1.39. The molecule has 18 heavy (non-hydrogen) atoms. The number of nitrogens with zero attached hydrogens (tertiary/aromatic N) is 1. The lowest BCUT2D eigenvalue weighted by Gasteiger charge is -2.06. The van der Waals surface area contributed by atoms with Gasteiger partial charge in [-0.15, -0.1) is 0 Å². The van der Waals surface area contributed by atoms with E-state index < -0.39 is 5.97 Å². The van der Waals surface area contributed by atoms with Crippen molar-refractivity contribution in [2.45, 2.75) is 6.61 Å². The van der Waals surface area contributed by atoms with Crippen molar-refractivity contribution in [3.05, 3.63) is 58.9 Å². The van der Waals surface area contributed by atoms with Crippen LogP contribution in [0.25, 0.3) is 0 Å². The Morgan fingerprint density at radius 1 is 1.33 bits per heavy atom. The molecule has 92 valence electrons. The summed E-state index contributed by atoms with van der Waals surface area (Å²) >= 11 is 5.85. The fourth-order valence-corrected chi connectivity index (χ4v) is 1.60. The van der Waals surface area contributed by atoms with Crippen molar-refractivity contribution >= 4 is 17.6 Å². The largest absolute Gasteiger partial charge is 0.487 e. The Bertz CT molecular complexity index is 554. The molecular formula is C13H10ClNO3. The number of carboxylic acids is 1. The van der Waals surface area contributed by atoms with Crippen LogP contribution in [-0.4, -0.2) is 16.1 Å². The smallest absolute Gasteiger partial charge is 0.354 e. The van der Waals surface area contributed by atoms with E-state index in [1.807, 2.05) is 12.1 Å². The fraction of sp³-hybridized carbons (Fsp3) is 0.0769. The van der Waals surface area contributed by atoms with Crippen molar-refractivity contribution in [3.63, 3.8) is 0 Å². The molecular weight excluding hydrogens is 254 g/mol. The lowest BCUT2D eigenvalue weighted by Crippen LogP contribution is -2.01. The van der Waals surface area contributed by atoms with Gasteiger partial charge in [-0.1, -0.05) is 23.7 Å². The minimum atomic E-state index is -1.06. The van der Waals surface area contributed by atoms with Crippen LogP contribution in [-0.2, 0) is 6.61 Å². The van der Waals surface area contributed by atoms with E-state index in [1.165, 1.54) is 12.3 Å². The molecule has 0 amide bonds. The molecule has 1 aromatic carbocycles. The monoisotopic (exact) mass is 263 g/mol. The molecule has 2 rings (SSSR count). The van der Waals surface area contributed by atoms with Crippen molar-refractivity contribution in [1.29, 1.82) is 0 Å². The van der Waals surface area contributed by atoms with E-state index in [0.29, 0.717) is 17.4 Å². The maximum atomic E-state index is 10.6. The van der Waals surface area contributed by atoms with Gasteiger partial charge >= 0.3 is 5.97 Å². The summed E-state index contributed by atoms with van der Waals surface area (Å²) in [5, 5.41) is 9.34. The summed E-state index contributed by atoms with van der Waals surface area (Å²) in [5.41, 5.74) is 0.926. The molecule has 1 aromatic heterocycles. The minimum absolute atomic E-state index is 0.00916. The molecule has 1 heterocycles. The molecule has 2 aromatic rings. The van der Waals surface area contributed by atoms with E-state index in [2.05, 4.69) is 4.98 Å². The van der Waals surface area contributed by atoms with Crippen molar-refractivity contribution in [2.24, 2.45) is 0 Å². The first-order chi connectivity index (χ1) is 8.65. The second-order valence-electron chi connectivity index (χ2n) is 3.60. The van der Waals surface area contributed by atoms with Gasteiger partial charge in [0.05, 0.1) is 6.20 Å². The van der Waals surface area contributed by atoms with Crippen LogP contribution in [0.2, 0.25) is 5.02 Å². The third-order valence-electron chi connectivity index (χ3n) is 2.25. The Hall–Kier alpha value is -2.07. The second kappa shape index (κ2) is 5.51. The quantitative estimate of drug-likeness (QED) is 0.921. The molecule has 5 heteroatoms. The lowest BCUT2D eigenvalue weighted by molar-refractivity contribution is 0.0690. The van der Waals surface area contributed by atoms with Gasteiger partial charge in [0.2, 0.25) is 0 Å². The third-order valence-corrected chi connectivity index (χ3v) is 2.49. The highest BCUT2D eigenvalue weighted by Gasteiger charge is 2.04. The Labute approximate surface area is 109 Å². The average molecular weight is 264 g/mol. The SMILES string of the molecule is O=C(O)c1ccc(OCc2cccc(Cl)c2)cn1. The van der Waals surface area contributed by atoms with Crippen LogP contribution >= 0.6 is 11.6 Å². The van der Waals surface area contributed by atoms with Gasteiger partial charge in [0.25, 0.3) is 0 Å². The van der Waals surface area contributed by atoms with Crippen LogP contribution in [0.4, 0.5) is 0 Å². The van der Waals surface area contributed by atoms with Gasteiger partial charge in [0.15, 0.2) is 0 Å². The Kier molecular flexibility index (Phi) is 3.79. The van der Waals surface area contributed by atoms with Gasteiger partial charge in [-0.3, -0.25) is 0 Å². The van der Waals surface area contributed by atoms with Crippen LogP contribution in [0, 0.1) is 0 Å². The predicted molar refractivity (Wildman–Crippen MR) is 67.0 cm³/mol. The number of halogens is 1. The first-order valence-corrected chi connectivity index (χ1v) is 5.59. The topological polar surface area (TPSA) is 59.4 Å². The van der Waals surface area contributed by atoms with Crippen LogP contribution in [0.3, 0.4) is 0 Å². The first-order valence-electron chi connectivity index (χ1n) is 5.22. The number of benzene rings is 1. The Morgan fingerprint density at radius 2 is 2.17 bits per heavy atom. The highest BCUT2D eigenvalue weighted by molar-refractivity contribution is 6.30. The summed E-state index contributed by atoms with van der Waals surface area (Å²) in [7, 11) is 0. The zero-order valence-corrected chi connectivity index (χ0v) is 10.1. The molecule has 0 bridgehead atoms. The van der Waals surface area contributed by atoms with E-state index in [1.54, 1.807) is 18.2 Å². The minimum Gasteiger partial charge on any atom is -0.487 e. The zero-order chi connectivity index (χ0) is 13.0. The molecule has 1 N–H and O–H groups in total. The maximum Gasteiger partial charge on any atom is 0.354 e. The molecule has 0 aliphatic rings. The van der Waals surface area contributed by atoms with Crippen molar-refractivity contribution in [2.75, 3.05) is 0 Å². The molecule has 0 radical (unpaired) electrons. The summed E-state index contributed by atoms with van der Waals surface area (Å²) in [4.78, 5) is 14.4. The maximum absolute atomic E-state index is 10.6. The van der Waals surface area contributed by atoms with Gasteiger partial charge in [-0.05, 0) is 29.8 Å². The van der Waals surface area contributed by atoms with E-state index in [0.717, 1.165) is 5.56 Å². The number of hydrogen-bond acceptors (Lipinski definition) is 3. The number of carboxylic acid groups (broad SMARTS) is 1. The summed E-state index contributed by atoms with van der Waals surface area (Å²) in [5.74, 6) is -0.545. The van der Waals surface area contributed by atoms with Crippen LogP contribution in [0.15, 0.2) is 42.6 Å². The molecule has 0 atom stereocenters. The first kappa shape index (κ1) is 12.4. The molecule has 0 saturated heterocycles. The predicted octanol–water partition coefficient (Wildman–Crippen LogP) is 3.01. The number of rotatable bonds is 4. The molecule has 0 saturated carbocycles. The highest BCUT2D eigenvalue weighted by Crippen LogP contribution is 2.14. The standard InChI is InChI=1S/C13H10ClNO3/c14-10-3-1-2-9(6-10)8-18-11-4-5-12(13(16)17)15-7-11/h1-7H,8H2,(H,16,17). The highest BCUT2D eigenvalue weighted by atomic mass is 35.5. The van der Waals surface area contributed by atoms with Gasteiger partial charge in [0.1, 0.15) is 18.1 Å². The third kappa shape index (κ3) is 3.21. The average Bonchev–Trinajstić information content (AvgIpc) is 2.37. The normalized spacial score (nSPS) is 10.1. The van der Waals surface area contributed by atoms with Crippen LogP contribution < -0.4 is 4.74 Å². The Morgan fingerprint density at radius 3 is 2.78 bits per heavy atom. The summed E-state index contributed by atoms with van der Waals surface area (Å²) in [6.45, 7) is 0.356. The Balaban J connectivity index is 2.00. The lowest BCUT2D eigenvalue weighted by atomic mass is 10.2. The van der Waals surface area contributed by atoms with Crippen LogP contribution in [0.5, 0.6) is 5.75 Å². The molecule has 0 spiro atoms. The molecule has 0 unspecified atom stereocenters. The van der Waals surface area contributed by atoms with Gasteiger partial charge in [0, 0.05) is 5.02 Å². The van der Waals surface area contributed by atoms with Gasteiger partial charge < -0.3 is 9.84 Å². The van der Waals surface area contributed by atoms with Gasteiger partial charge in [-0.25, -0.2) is 9.78 Å². The van der Waals surface area contributed by atoms with Crippen LogP contribution in [0.1, 0.15) is 16.1 Å². The number of ether oxygens (including phenoxy) is 1. The summed E-state index contributed by atoms with van der Waals surface area (Å²) in [6, 6.07) is 10.3. The number of pyridine rings is 1. The van der Waals surface area contributed by atoms with E-state index in [4.69, 9.17) is 21.4 Å². The molecule has 0 fully saturated rings. The second-order valence-corrected chi connectivity index (χ2v) is 4.04.